The highest BCUT2D eigenvalue weighted by atomic mass is 35.5. The number of anilines is 1. The molecule has 0 saturated carbocycles. The molecule has 0 heterocycles. The lowest BCUT2D eigenvalue weighted by Crippen LogP contribution is -2.27. The monoisotopic (exact) mass is 259 g/mol. The standard InChI is InChI=1S/C10H13N3O3.ClH/c1-12(2)7-10(14)11-8-4-3-5-9(6-8)13(15)16;/h3-6H,7H2,1-2H3,(H,11,14);1H. The number of halogens is 1. The molecule has 0 saturated heterocycles. The van der Waals surface area contributed by atoms with E-state index in [1.165, 1.54) is 18.2 Å². The summed E-state index contributed by atoms with van der Waals surface area (Å²) in [4.78, 5) is 23.1. The highest BCUT2D eigenvalue weighted by Crippen LogP contribution is 2.16. The third-order valence-corrected chi connectivity index (χ3v) is 1.80. The predicted molar refractivity (Wildman–Crippen MR) is 67.5 cm³/mol. The number of hydrogen-bond acceptors (Lipinski definition) is 4. The summed E-state index contributed by atoms with van der Waals surface area (Å²) in [6.45, 7) is 0.239. The van der Waals surface area contributed by atoms with Gasteiger partial charge in [0, 0.05) is 17.8 Å². The molecule has 0 aliphatic carbocycles. The molecule has 0 aliphatic rings. The fourth-order valence-corrected chi connectivity index (χ4v) is 1.18. The smallest absolute Gasteiger partial charge is 0.271 e. The minimum atomic E-state index is -0.498. The molecule has 17 heavy (non-hydrogen) atoms. The first-order valence-corrected chi connectivity index (χ1v) is 4.68. The van der Waals surface area contributed by atoms with Crippen LogP contribution in [0.3, 0.4) is 0 Å². The molecular weight excluding hydrogens is 246 g/mol. The number of nitrogens with zero attached hydrogens (tertiary/aromatic N) is 2. The van der Waals surface area contributed by atoms with Crippen molar-refractivity contribution in [2.24, 2.45) is 0 Å². The summed E-state index contributed by atoms with van der Waals surface area (Å²) in [6, 6.07) is 5.85. The number of carbonyl (C=O) groups excluding carboxylic acids is 1. The maximum absolute atomic E-state index is 11.4. The Labute approximate surface area is 105 Å². The van der Waals surface area contributed by atoms with Crippen LogP contribution in [0.25, 0.3) is 0 Å². The van der Waals surface area contributed by atoms with Crippen molar-refractivity contribution in [3.63, 3.8) is 0 Å². The number of rotatable bonds is 4. The topological polar surface area (TPSA) is 75.5 Å². The van der Waals surface area contributed by atoms with Crippen LogP contribution in [0, 0.1) is 10.1 Å². The zero-order chi connectivity index (χ0) is 12.1. The lowest BCUT2D eigenvalue weighted by Gasteiger charge is -2.09. The van der Waals surface area contributed by atoms with Gasteiger partial charge in [0.2, 0.25) is 5.91 Å². The molecule has 1 amide bonds. The number of carbonyl (C=O) groups is 1. The van der Waals surface area contributed by atoms with Gasteiger partial charge in [-0.2, -0.15) is 0 Å². The molecule has 1 N–H and O–H groups in total. The summed E-state index contributed by atoms with van der Waals surface area (Å²) in [5, 5.41) is 13.1. The maximum atomic E-state index is 11.4. The number of nitro benzene ring substituents is 1. The van der Waals surface area contributed by atoms with Gasteiger partial charge in [-0.3, -0.25) is 14.9 Å². The lowest BCUT2D eigenvalue weighted by atomic mass is 10.3. The molecule has 1 aromatic rings. The van der Waals surface area contributed by atoms with Crippen molar-refractivity contribution in [3.8, 4) is 0 Å². The van der Waals surface area contributed by atoms with Crippen LogP contribution < -0.4 is 5.32 Å². The summed E-state index contributed by atoms with van der Waals surface area (Å²) in [5.41, 5.74) is 0.392. The minimum absolute atomic E-state index is 0. The van der Waals surface area contributed by atoms with Crippen molar-refractivity contribution in [3.05, 3.63) is 34.4 Å². The van der Waals surface area contributed by atoms with Crippen LogP contribution in [0.4, 0.5) is 11.4 Å². The van der Waals surface area contributed by atoms with Crippen molar-refractivity contribution in [1.29, 1.82) is 0 Å². The second-order valence-corrected chi connectivity index (χ2v) is 3.59. The van der Waals surface area contributed by atoms with Crippen molar-refractivity contribution in [2.75, 3.05) is 26.0 Å². The number of nitrogens with one attached hydrogen (secondary N) is 1. The molecule has 7 heteroatoms. The first-order chi connectivity index (χ1) is 7.49. The van der Waals surface area contributed by atoms with Gasteiger partial charge in [0.25, 0.3) is 5.69 Å². The SMILES string of the molecule is CN(C)CC(=O)Nc1cccc([N+](=O)[O-])c1.Cl. The van der Waals surface area contributed by atoms with Crippen LogP contribution in [0.1, 0.15) is 0 Å². The lowest BCUT2D eigenvalue weighted by molar-refractivity contribution is -0.384. The van der Waals surface area contributed by atoms with E-state index in [1.54, 1.807) is 25.1 Å². The van der Waals surface area contributed by atoms with Gasteiger partial charge >= 0.3 is 0 Å². The molecule has 0 aromatic heterocycles. The average molecular weight is 260 g/mol. The highest BCUT2D eigenvalue weighted by Gasteiger charge is 2.08. The van der Waals surface area contributed by atoms with Crippen molar-refractivity contribution < 1.29 is 9.72 Å². The van der Waals surface area contributed by atoms with E-state index in [1.807, 2.05) is 0 Å². The summed E-state index contributed by atoms with van der Waals surface area (Å²) < 4.78 is 0. The predicted octanol–water partition coefficient (Wildman–Crippen LogP) is 1.52. The maximum Gasteiger partial charge on any atom is 0.271 e. The molecular formula is C10H14ClN3O3. The molecule has 0 radical (unpaired) electrons. The molecule has 94 valence electrons. The molecule has 6 nitrogen and oxygen atoms in total. The van der Waals surface area contributed by atoms with Gasteiger partial charge in [0.1, 0.15) is 0 Å². The fourth-order valence-electron chi connectivity index (χ4n) is 1.18. The van der Waals surface area contributed by atoms with Crippen LogP contribution >= 0.6 is 12.4 Å². The molecule has 0 spiro atoms. The van der Waals surface area contributed by atoms with E-state index in [4.69, 9.17) is 0 Å². The van der Waals surface area contributed by atoms with Gasteiger partial charge < -0.3 is 10.2 Å². The number of nitro groups is 1. The van der Waals surface area contributed by atoms with Crippen LogP contribution in [0.15, 0.2) is 24.3 Å². The fraction of sp³-hybridized carbons (Fsp3) is 0.300. The van der Waals surface area contributed by atoms with E-state index >= 15 is 0 Å². The van der Waals surface area contributed by atoms with E-state index in [0.29, 0.717) is 5.69 Å². The van der Waals surface area contributed by atoms with Gasteiger partial charge in [-0.05, 0) is 20.2 Å². The average Bonchev–Trinajstić information content (AvgIpc) is 2.16. The number of benzene rings is 1. The molecule has 1 aromatic carbocycles. The largest absolute Gasteiger partial charge is 0.325 e. The van der Waals surface area contributed by atoms with E-state index < -0.39 is 4.92 Å². The molecule has 0 bridgehead atoms. The van der Waals surface area contributed by atoms with Crippen molar-refractivity contribution in [1.82, 2.24) is 4.90 Å². The Balaban J connectivity index is 0.00000256. The van der Waals surface area contributed by atoms with Gasteiger partial charge in [-0.1, -0.05) is 6.07 Å². The zero-order valence-electron chi connectivity index (χ0n) is 9.54. The van der Waals surface area contributed by atoms with E-state index in [2.05, 4.69) is 5.32 Å². The Morgan fingerprint density at radius 1 is 1.47 bits per heavy atom. The number of amides is 1. The van der Waals surface area contributed by atoms with Gasteiger partial charge in [0.15, 0.2) is 0 Å². The quantitative estimate of drug-likeness (QED) is 0.657. The van der Waals surface area contributed by atoms with Gasteiger partial charge in [0.05, 0.1) is 11.5 Å². The van der Waals surface area contributed by atoms with E-state index in [-0.39, 0.29) is 30.5 Å². The Hall–Kier alpha value is -1.66. The summed E-state index contributed by atoms with van der Waals surface area (Å²) in [6.07, 6.45) is 0. The number of non-ortho nitro benzene ring substituents is 1. The summed E-state index contributed by atoms with van der Waals surface area (Å²) >= 11 is 0. The third-order valence-electron chi connectivity index (χ3n) is 1.80. The minimum Gasteiger partial charge on any atom is -0.325 e. The summed E-state index contributed by atoms with van der Waals surface area (Å²) in [7, 11) is 3.54. The zero-order valence-corrected chi connectivity index (χ0v) is 10.4. The number of likely N-dealkylation sites (N-methyl/N-ethyl adjacent to an activating group) is 1. The Bertz CT molecular complexity index is 410. The molecule has 0 fully saturated rings. The third kappa shape index (κ3) is 5.28. The van der Waals surface area contributed by atoms with Crippen LogP contribution in [0.5, 0.6) is 0 Å². The molecule has 0 unspecified atom stereocenters. The van der Waals surface area contributed by atoms with Gasteiger partial charge in [-0.25, -0.2) is 0 Å². The first-order valence-electron chi connectivity index (χ1n) is 4.68. The normalized spacial score (nSPS) is 9.59. The second-order valence-electron chi connectivity index (χ2n) is 3.59. The molecule has 1 rings (SSSR count). The van der Waals surface area contributed by atoms with Crippen molar-refractivity contribution in [2.45, 2.75) is 0 Å². The molecule has 0 aliphatic heterocycles. The Kier molecular flexibility index (Phi) is 6.16. The Morgan fingerprint density at radius 3 is 2.65 bits per heavy atom. The van der Waals surface area contributed by atoms with Crippen LogP contribution in [-0.4, -0.2) is 36.4 Å². The van der Waals surface area contributed by atoms with Gasteiger partial charge in [-0.15, -0.1) is 12.4 Å². The Morgan fingerprint density at radius 2 is 2.12 bits per heavy atom. The van der Waals surface area contributed by atoms with Crippen molar-refractivity contribution >= 4 is 29.7 Å². The van der Waals surface area contributed by atoms with E-state index in [9.17, 15) is 14.9 Å². The molecule has 0 atom stereocenters. The van der Waals surface area contributed by atoms with Crippen LogP contribution in [0.2, 0.25) is 0 Å². The first kappa shape index (κ1) is 15.3. The van der Waals surface area contributed by atoms with Crippen LogP contribution in [-0.2, 0) is 4.79 Å². The van der Waals surface area contributed by atoms with E-state index in [0.717, 1.165) is 0 Å². The highest BCUT2D eigenvalue weighted by molar-refractivity contribution is 5.92. The number of hydrogen-bond donors (Lipinski definition) is 1. The summed E-state index contributed by atoms with van der Waals surface area (Å²) in [5.74, 6) is -0.203. The second kappa shape index (κ2) is 6.82.